The van der Waals surface area contributed by atoms with Crippen molar-refractivity contribution in [2.45, 2.75) is 0 Å². The molecule has 2 N–H and O–H groups in total. The fourth-order valence-corrected chi connectivity index (χ4v) is 2.75. The molecule has 0 radical (unpaired) electrons. The number of benzene rings is 2. The number of phenolic OH excluding ortho intramolecular Hbond substituents is 2. The molecule has 0 aliphatic carbocycles. The summed E-state index contributed by atoms with van der Waals surface area (Å²) in [4.78, 5) is 14.8. The predicted molar refractivity (Wildman–Crippen MR) is 94.7 cm³/mol. The third-order valence-corrected chi connectivity index (χ3v) is 3.93. The van der Waals surface area contributed by atoms with E-state index in [4.69, 9.17) is 0 Å². The summed E-state index contributed by atoms with van der Waals surface area (Å²) in [5, 5.41) is 18.7. The third-order valence-electron chi connectivity index (χ3n) is 3.93. The lowest BCUT2D eigenvalue weighted by molar-refractivity contribution is -0.113. The van der Waals surface area contributed by atoms with E-state index >= 15 is 0 Å². The molecule has 122 valence electrons. The number of phenols is 2. The van der Waals surface area contributed by atoms with Crippen molar-refractivity contribution in [1.29, 1.82) is 0 Å². The minimum Gasteiger partial charge on any atom is -0.508 e. The largest absolute Gasteiger partial charge is 0.508 e. The highest BCUT2D eigenvalue weighted by atomic mass is 16.3. The van der Waals surface area contributed by atoms with Crippen molar-refractivity contribution < 1.29 is 15.0 Å². The van der Waals surface area contributed by atoms with Crippen LogP contribution >= 0.6 is 0 Å². The first kappa shape index (κ1) is 16.0. The Bertz CT molecular complexity index is 734. The maximum atomic E-state index is 12.8. The van der Waals surface area contributed by atoms with E-state index in [-0.39, 0.29) is 17.3 Å². The van der Waals surface area contributed by atoms with Crippen molar-refractivity contribution in [3.05, 3.63) is 70.8 Å². The molecule has 0 atom stereocenters. The highest BCUT2D eigenvalue weighted by Gasteiger charge is 2.23. The Hall–Kier alpha value is -2.85. The Morgan fingerprint density at radius 3 is 1.54 bits per heavy atom. The van der Waals surface area contributed by atoms with Gasteiger partial charge in [-0.25, -0.2) is 0 Å². The Labute approximate surface area is 141 Å². The van der Waals surface area contributed by atoms with Crippen molar-refractivity contribution in [3.8, 4) is 11.5 Å². The molecular weight excluding hydrogens is 302 g/mol. The second-order valence-electron chi connectivity index (χ2n) is 6.02. The second-order valence-corrected chi connectivity index (χ2v) is 6.02. The van der Waals surface area contributed by atoms with Crippen LogP contribution in [0.15, 0.2) is 59.7 Å². The first-order chi connectivity index (χ1) is 11.5. The monoisotopic (exact) mass is 321 g/mol. The molecule has 1 heterocycles. The lowest BCUT2D eigenvalue weighted by atomic mass is 9.94. The molecule has 0 saturated carbocycles. The molecule has 0 aromatic heterocycles. The van der Waals surface area contributed by atoms with E-state index in [1.165, 1.54) is 0 Å². The number of hydrogen-bond acceptors (Lipinski definition) is 4. The van der Waals surface area contributed by atoms with Gasteiger partial charge in [0, 0.05) is 24.2 Å². The molecule has 2 aromatic rings. The molecule has 0 unspecified atom stereocenters. The molecule has 24 heavy (non-hydrogen) atoms. The lowest BCUT2D eigenvalue weighted by Gasteiger charge is -2.26. The Morgan fingerprint density at radius 2 is 1.17 bits per heavy atom. The number of piperidine rings is 1. The minimum atomic E-state index is 0.0363. The van der Waals surface area contributed by atoms with Gasteiger partial charge in [-0.15, -0.1) is 0 Å². The van der Waals surface area contributed by atoms with Gasteiger partial charge >= 0.3 is 0 Å². The second kappa shape index (κ2) is 6.72. The quantitative estimate of drug-likeness (QED) is 0.835. The molecule has 0 spiro atoms. The zero-order chi connectivity index (χ0) is 17.1. The average Bonchev–Trinajstić information content (AvgIpc) is 2.56. The van der Waals surface area contributed by atoms with Crippen LogP contribution < -0.4 is 0 Å². The van der Waals surface area contributed by atoms with Crippen LogP contribution in [0.25, 0.3) is 12.2 Å². The molecule has 4 nitrogen and oxygen atoms in total. The summed E-state index contributed by atoms with van der Waals surface area (Å²) < 4.78 is 0. The molecule has 1 fully saturated rings. The van der Waals surface area contributed by atoms with Crippen LogP contribution in [0.1, 0.15) is 11.1 Å². The summed E-state index contributed by atoms with van der Waals surface area (Å²) >= 11 is 0. The molecule has 2 aromatic carbocycles. The van der Waals surface area contributed by atoms with Crippen LogP contribution in [-0.2, 0) is 4.79 Å². The van der Waals surface area contributed by atoms with Crippen molar-refractivity contribution in [3.63, 3.8) is 0 Å². The number of aromatic hydroxyl groups is 2. The molecule has 1 aliphatic rings. The number of likely N-dealkylation sites (tertiary alicyclic amines) is 1. The number of carbonyl (C=O) groups is 1. The predicted octanol–water partition coefficient (Wildman–Crippen LogP) is 3.08. The number of likely N-dealkylation sites (N-methyl/N-ethyl adjacent to an activating group) is 1. The lowest BCUT2D eigenvalue weighted by Crippen LogP contribution is -2.34. The van der Waals surface area contributed by atoms with Gasteiger partial charge in [-0.2, -0.15) is 0 Å². The van der Waals surface area contributed by atoms with Gasteiger partial charge < -0.3 is 10.2 Å². The van der Waals surface area contributed by atoms with Crippen molar-refractivity contribution in [2.75, 3.05) is 20.1 Å². The van der Waals surface area contributed by atoms with Crippen LogP contribution in [0.4, 0.5) is 0 Å². The van der Waals surface area contributed by atoms with E-state index in [9.17, 15) is 15.0 Å². The first-order valence-corrected chi connectivity index (χ1v) is 7.74. The van der Waals surface area contributed by atoms with E-state index in [1.807, 2.05) is 19.2 Å². The smallest absolute Gasteiger partial charge is 0.187 e. The van der Waals surface area contributed by atoms with Crippen LogP contribution in [0, 0.1) is 0 Å². The van der Waals surface area contributed by atoms with Gasteiger partial charge in [0.15, 0.2) is 5.78 Å². The minimum absolute atomic E-state index is 0.0363. The van der Waals surface area contributed by atoms with Crippen molar-refractivity contribution >= 4 is 17.9 Å². The SMILES string of the molecule is CN1C/C(=C/c2ccc(O)cc2)C(=O)/C(=C/c2ccc(O)cc2)C1. The number of Topliss-reactive ketones (excluding diaryl/α,β-unsaturated/α-hetero) is 1. The number of ketones is 1. The molecule has 3 rings (SSSR count). The van der Waals surface area contributed by atoms with E-state index in [2.05, 4.69) is 4.90 Å². The Balaban J connectivity index is 1.90. The summed E-state index contributed by atoms with van der Waals surface area (Å²) in [6.07, 6.45) is 3.73. The Morgan fingerprint density at radius 1 is 0.792 bits per heavy atom. The summed E-state index contributed by atoms with van der Waals surface area (Å²) in [5.41, 5.74) is 3.21. The van der Waals surface area contributed by atoms with E-state index in [0.29, 0.717) is 13.1 Å². The molecular formula is C20H19NO3. The van der Waals surface area contributed by atoms with Crippen LogP contribution in [0.2, 0.25) is 0 Å². The molecule has 1 aliphatic heterocycles. The van der Waals surface area contributed by atoms with Gasteiger partial charge in [0.1, 0.15) is 11.5 Å². The van der Waals surface area contributed by atoms with Gasteiger partial charge in [0.2, 0.25) is 0 Å². The molecule has 4 heteroatoms. The summed E-state index contributed by atoms with van der Waals surface area (Å²) in [6, 6.07) is 13.6. The zero-order valence-electron chi connectivity index (χ0n) is 13.4. The number of nitrogens with zero attached hydrogens (tertiary/aromatic N) is 1. The number of carbonyl (C=O) groups excluding carboxylic acids is 1. The molecule has 1 saturated heterocycles. The highest BCUT2D eigenvalue weighted by Crippen LogP contribution is 2.22. The van der Waals surface area contributed by atoms with E-state index < -0.39 is 0 Å². The van der Waals surface area contributed by atoms with Gasteiger partial charge in [0.05, 0.1) is 0 Å². The highest BCUT2D eigenvalue weighted by molar-refractivity contribution is 6.14. The van der Waals surface area contributed by atoms with Gasteiger partial charge in [0.25, 0.3) is 0 Å². The van der Waals surface area contributed by atoms with E-state index in [1.54, 1.807) is 48.5 Å². The van der Waals surface area contributed by atoms with Crippen LogP contribution in [0.5, 0.6) is 11.5 Å². The fourth-order valence-electron chi connectivity index (χ4n) is 2.75. The number of hydrogen-bond donors (Lipinski definition) is 2. The van der Waals surface area contributed by atoms with Crippen molar-refractivity contribution in [1.82, 2.24) is 4.90 Å². The maximum Gasteiger partial charge on any atom is 0.187 e. The topological polar surface area (TPSA) is 60.8 Å². The normalized spacial score (nSPS) is 19.1. The maximum absolute atomic E-state index is 12.8. The Kier molecular flexibility index (Phi) is 4.49. The van der Waals surface area contributed by atoms with E-state index in [0.717, 1.165) is 22.3 Å². The van der Waals surface area contributed by atoms with Crippen LogP contribution in [-0.4, -0.2) is 41.0 Å². The molecule has 0 bridgehead atoms. The van der Waals surface area contributed by atoms with Crippen LogP contribution in [0.3, 0.4) is 0 Å². The molecule has 0 amide bonds. The summed E-state index contributed by atoms with van der Waals surface area (Å²) in [6.45, 7) is 1.18. The van der Waals surface area contributed by atoms with Crippen molar-refractivity contribution in [2.24, 2.45) is 0 Å². The summed E-state index contributed by atoms with van der Waals surface area (Å²) in [7, 11) is 1.97. The summed E-state index contributed by atoms with van der Waals surface area (Å²) in [5.74, 6) is 0.448. The third kappa shape index (κ3) is 3.73. The average molecular weight is 321 g/mol. The van der Waals surface area contributed by atoms with Gasteiger partial charge in [-0.3, -0.25) is 9.69 Å². The first-order valence-electron chi connectivity index (χ1n) is 7.74. The fraction of sp³-hybridized carbons (Fsp3) is 0.150. The van der Waals surface area contributed by atoms with Gasteiger partial charge in [-0.1, -0.05) is 24.3 Å². The van der Waals surface area contributed by atoms with Gasteiger partial charge in [-0.05, 0) is 54.6 Å². The standard InChI is InChI=1S/C20H19NO3/c1-21-12-16(10-14-2-6-18(22)7-3-14)20(24)17(13-21)11-15-4-8-19(23)9-5-15/h2-11,22-23H,12-13H2,1H3/b16-10-,17-11+. The number of rotatable bonds is 2. The zero-order valence-corrected chi connectivity index (χ0v) is 13.4.